The van der Waals surface area contributed by atoms with Gasteiger partial charge in [-0.15, -0.1) is 0 Å². The van der Waals surface area contributed by atoms with Gasteiger partial charge in [0.25, 0.3) is 0 Å². The Morgan fingerprint density at radius 3 is 2.64 bits per heavy atom. The average Bonchev–Trinajstić information content (AvgIpc) is 3.06. The monoisotopic (exact) mass is 345 g/mol. The number of nitrogens with one attached hydrogen (secondary N) is 2. The van der Waals surface area contributed by atoms with Gasteiger partial charge in [-0.05, 0) is 44.0 Å². The normalized spacial score (nSPS) is 15.9. The molecule has 0 unspecified atom stereocenters. The van der Waals surface area contributed by atoms with E-state index in [-0.39, 0.29) is 17.9 Å². The van der Waals surface area contributed by atoms with Gasteiger partial charge in [0, 0.05) is 49.7 Å². The summed E-state index contributed by atoms with van der Waals surface area (Å²) in [5.74, 6) is -0.317. The van der Waals surface area contributed by atoms with Crippen LogP contribution in [-0.2, 0) is 13.1 Å². The number of nitrogens with zero attached hydrogens (tertiary/aromatic N) is 3. The van der Waals surface area contributed by atoms with Crippen LogP contribution in [0.25, 0.3) is 0 Å². The first kappa shape index (κ1) is 17.4. The van der Waals surface area contributed by atoms with E-state index in [9.17, 15) is 9.18 Å². The minimum atomic E-state index is -0.317. The highest BCUT2D eigenvalue weighted by molar-refractivity contribution is 5.89. The lowest BCUT2D eigenvalue weighted by molar-refractivity contribution is 0.190. The maximum atomic E-state index is 12.9. The van der Waals surface area contributed by atoms with E-state index in [4.69, 9.17) is 0 Å². The molecule has 1 aliphatic heterocycles. The van der Waals surface area contributed by atoms with Crippen molar-refractivity contribution in [3.63, 3.8) is 0 Å². The van der Waals surface area contributed by atoms with Crippen LogP contribution in [0.3, 0.4) is 0 Å². The summed E-state index contributed by atoms with van der Waals surface area (Å²) in [7, 11) is 0. The van der Waals surface area contributed by atoms with Crippen LogP contribution in [0, 0.1) is 5.82 Å². The summed E-state index contributed by atoms with van der Waals surface area (Å²) in [6, 6.07) is 5.68. The number of piperidine rings is 1. The SMILES string of the molecule is CCn1cc(CN2CCC(NC(=O)Nc3ccc(F)cc3)CC2)cn1. The van der Waals surface area contributed by atoms with Gasteiger partial charge >= 0.3 is 6.03 Å². The lowest BCUT2D eigenvalue weighted by atomic mass is 10.0. The number of aromatic nitrogens is 2. The Labute approximate surface area is 147 Å². The molecule has 0 aliphatic carbocycles. The van der Waals surface area contributed by atoms with Crippen molar-refractivity contribution in [1.82, 2.24) is 20.0 Å². The zero-order valence-corrected chi connectivity index (χ0v) is 14.4. The fraction of sp³-hybridized carbons (Fsp3) is 0.444. The second-order valence-corrected chi connectivity index (χ2v) is 6.36. The number of anilines is 1. The van der Waals surface area contributed by atoms with Gasteiger partial charge in [-0.25, -0.2) is 9.18 Å². The summed E-state index contributed by atoms with van der Waals surface area (Å²) in [6.45, 7) is 5.74. The van der Waals surface area contributed by atoms with Crippen molar-refractivity contribution in [2.24, 2.45) is 0 Å². The molecule has 0 bridgehead atoms. The number of carbonyl (C=O) groups is 1. The Hall–Kier alpha value is -2.41. The van der Waals surface area contributed by atoms with Crippen LogP contribution in [0.1, 0.15) is 25.3 Å². The number of aryl methyl sites for hydroxylation is 1. The highest BCUT2D eigenvalue weighted by Gasteiger charge is 2.21. The molecular formula is C18H24FN5O. The van der Waals surface area contributed by atoms with Crippen molar-refractivity contribution in [3.05, 3.63) is 48.0 Å². The lowest BCUT2D eigenvalue weighted by Gasteiger charge is -2.32. The molecule has 1 aliphatic rings. The number of urea groups is 1. The van der Waals surface area contributed by atoms with Gasteiger partial charge in [-0.1, -0.05) is 0 Å². The summed E-state index contributed by atoms with van der Waals surface area (Å²) in [5.41, 5.74) is 1.81. The predicted octanol–water partition coefficient (Wildman–Crippen LogP) is 2.83. The Kier molecular flexibility index (Phi) is 5.65. The van der Waals surface area contributed by atoms with Crippen molar-refractivity contribution in [1.29, 1.82) is 0 Å². The first-order valence-electron chi connectivity index (χ1n) is 8.69. The molecule has 1 aromatic heterocycles. The van der Waals surface area contributed by atoms with Crippen LogP contribution in [0.15, 0.2) is 36.7 Å². The van der Waals surface area contributed by atoms with Gasteiger partial charge < -0.3 is 10.6 Å². The summed E-state index contributed by atoms with van der Waals surface area (Å²) >= 11 is 0. The molecule has 1 aromatic carbocycles. The number of likely N-dealkylation sites (tertiary alicyclic amines) is 1. The molecule has 0 atom stereocenters. The standard InChI is InChI=1S/C18H24FN5O/c1-2-24-13-14(11-20-24)12-23-9-7-17(8-10-23)22-18(25)21-16-5-3-15(19)4-6-16/h3-6,11,13,17H,2,7-10,12H2,1H3,(H2,21,22,25). The molecule has 134 valence electrons. The highest BCUT2D eigenvalue weighted by Crippen LogP contribution is 2.14. The largest absolute Gasteiger partial charge is 0.335 e. The molecule has 6 nitrogen and oxygen atoms in total. The van der Waals surface area contributed by atoms with Crippen LogP contribution < -0.4 is 10.6 Å². The van der Waals surface area contributed by atoms with Crippen LogP contribution in [0.5, 0.6) is 0 Å². The predicted molar refractivity (Wildman–Crippen MR) is 94.8 cm³/mol. The molecule has 25 heavy (non-hydrogen) atoms. The third kappa shape index (κ3) is 5.03. The van der Waals surface area contributed by atoms with E-state index in [0.29, 0.717) is 5.69 Å². The average molecular weight is 345 g/mol. The van der Waals surface area contributed by atoms with Gasteiger partial charge in [0.15, 0.2) is 0 Å². The van der Waals surface area contributed by atoms with Gasteiger partial charge in [0.2, 0.25) is 0 Å². The molecule has 0 saturated carbocycles. The molecule has 0 radical (unpaired) electrons. The van der Waals surface area contributed by atoms with E-state index >= 15 is 0 Å². The number of hydrogen-bond acceptors (Lipinski definition) is 3. The molecule has 3 rings (SSSR count). The van der Waals surface area contributed by atoms with Crippen molar-refractivity contribution < 1.29 is 9.18 Å². The van der Waals surface area contributed by atoms with Crippen molar-refractivity contribution in [2.45, 2.75) is 38.9 Å². The quantitative estimate of drug-likeness (QED) is 0.876. The molecule has 1 fully saturated rings. The maximum Gasteiger partial charge on any atom is 0.319 e. The Morgan fingerprint density at radius 2 is 2.00 bits per heavy atom. The first-order valence-corrected chi connectivity index (χ1v) is 8.69. The summed E-state index contributed by atoms with van der Waals surface area (Å²) in [6.07, 6.45) is 5.84. The number of rotatable bonds is 5. The van der Waals surface area contributed by atoms with Crippen molar-refractivity contribution in [3.8, 4) is 0 Å². The third-order valence-electron chi connectivity index (χ3n) is 4.44. The number of halogens is 1. The zero-order valence-electron chi connectivity index (χ0n) is 14.4. The van der Waals surface area contributed by atoms with Gasteiger partial charge in [-0.2, -0.15) is 5.10 Å². The first-order chi connectivity index (χ1) is 12.1. The molecule has 2 aromatic rings. The smallest absolute Gasteiger partial charge is 0.319 e. The molecular weight excluding hydrogens is 321 g/mol. The molecule has 2 N–H and O–H groups in total. The van der Waals surface area contributed by atoms with E-state index < -0.39 is 0 Å². The van der Waals surface area contributed by atoms with Gasteiger partial charge in [-0.3, -0.25) is 9.58 Å². The summed E-state index contributed by atoms with van der Waals surface area (Å²) in [5, 5.41) is 10.0. The fourth-order valence-electron chi connectivity index (χ4n) is 3.04. The van der Waals surface area contributed by atoms with E-state index in [1.807, 2.05) is 10.9 Å². The van der Waals surface area contributed by atoms with Crippen LogP contribution in [0.4, 0.5) is 14.9 Å². The third-order valence-corrected chi connectivity index (χ3v) is 4.44. The van der Waals surface area contributed by atoms with Gasteiger partial charge in [0.05, 0.1) is 6.20 Å². The van der Waals surface area contributed by atoms with Crippen molar-refractivity contribution in [2.75, 3.05) is 18.4 Å². The Balaban J connectivity index is 1.41. The Bertz CT molecular complexity index is 692. The molecule has 0 spiro atoms. The van der Waals surface area contributed by atoms with Gasteiger partial charge in [0.1, 0.15) is 5.82 Å². The summed E-state index contributed by atoms with van der Waals surface area (Å²) < 4.78 is 14.8. The summed E-state index contributed by atoms with van der Waals surface area (Å²) in [4.78, 5) is 14.4. The van der Waals surface area contributed by atoms with Crippen LogP contribution in [-0.4, -0.2) is 39.8 Å². The number of carbonyl (C=O) groups excluding carboxylic acids is 1. The van der Waals surface area contributed by atoms with E-state index in [1.54, 1.807) is 12.1 Å². The second kappa shape index (κ2) is 8.11. The molecule has 7 heteroatoms. The minimum absolute atomic E-state index is 0.162. The van der Waals surface area contributed by atoms with Crippen LogP contribution in [0.2, 0.25) is 0 Å². The topological polar surface area (TPSA) is 62.2 Å². The molecule has 1 saturated heterocycles. The van der Waals surface area contributed by atoms with E-state index in [2.05, 4.69) is 33.8 Å². The highest BCUT2D eigenvalue weighted by atomic mass is 19.1. The lowest BCUT2D eigenvalue weighted by Crippen LogP contribution is -2.45. The number of amides is 2. The number of hydrogen-bond donors (Lipinski definition) is 2. The van der Waals surface area contributed by atoms with E-state index in [0.717, 1.165) is 39.0 Å². The zero-order chi connectivity index (χ0) is 17.6. The maximum absolute atomic E-state index is 12.9. The Morgan fingerprint density at radius 1 is 1.28 bits per heavy atom. The minimum Gasteiger partial charge on any atom is -0.335 e. The molecule has 2 amide bonds. The number of benzene rings is 1. The van der Waals surface area contributed by atoms with Crippen LogP contribution >= 0.6 is 0 Å². The molecule has 2 heterocycles. The van der Waals surface area contributed by atoms with Crippen molar-refractivity contribution >= 4 is 11.7 Å². The van der Waals surface area contributed by atoms with E-state index in [1.165, 1.54) is 17.7 Å². The second-order valence-electron chi connectivity index (χ2n) is 6.36. The fourth-order valence-corrected chi connectivity index (χ4v) is 3.04.